The third-order valence-electron chi connectivity index (χ3n) is 2.07. The molecule has 3 nitrogen and oxygen atoms in total. The number of carboxylic acids is 1. The topological polar surface area (TPSA) is 50.2 Å². The zero-order valence-corrected chi connectivity index (χ0v) is 8.12. The smallest absolute Gasteiger partial charge is 0.309 e. The van der Waals surface area contributed by atoms with Crippen LogP contribution in [0.2, 0.25) is 0 Å². The monoisotopic (exact) mass is 197 g/mol. The van der Waals surface area contributed by atoms with Gasteiger partial charge in [0, 0.05) is 6.20 Å². The predicted octanol–water partition coefficient (Wildman–Crippen LogP) is 1.87. The minimum Gasteiger partial charge on any atom is -0.481 e. The minimum atomic E-state index is -0.956. The van der Waals surface area contributed by atoms with E-state index in [1.54, 1.807) is 13.8 Å². The fourth-order valence-electron chi connectivity index (χ4n) is 1.10. The zero-order valence-electron chi connectivity index (χ0n) is 8.12. The van der Waals surface area contributed by atoms with E-state index in [9.17, 15) is 9.18 Å². The largest absolute Gasteiger partial charge is 0.481 e. The summed E-state index contributed by atoms with van der Waals surface area (Å²) in [7, 11) is 0. The molecule has 1 heterocycles. The quantitative estimate of drug-likeness (QED) is 0.804. The van der Waals surface area contributed by atoms with Gasteiger partial charge in [-0.15, -0.1) is 0 Å². The summed E-state index contributed by atoms with van der Waals surface area (Å²) in [6, 6.07) is 1.50. The summed E-state index contributed by atoms with van der Waals surface area (Å²) in [4.78, 5) is 14.4. The highest BCUT2D eigenvalue weighted by molar-refractivity contribution is 5.74. The molecule has 0 saturated heterocycles. The molecule has 4 heteroatoms. The van der Waals surface area contributed by atoms with Crippen molar-refractivity contribution in [2.75, 3.05) is 0 Å². The standard InChI is InChI=1S/C10H12FNO2/c1-10(2,9(13)14)5-7-3-4-12-6-8(7)11/h3-4,6H,5H2,1-2H3,(H,13,14). The lowest BCUT2D eigenvalue weighted by Crippen LogP contribution is -2.26. The lowest BCUT2D eigenvalue weighted by atomic mass is 9.86. The Kier molecular flexibility index (Phi) is 2.84. The molecule has 0 aliphatic carbocycles. The number of aromatic nitrogens is 1. The van der Waals surface area contributed by atoms with Gasteiger partial charge in [-0.2, -0.15) is 0 Å². The van der Waals surface area contributed by atoms with Gasteiger partial charge in [0.1, 0.15) is 5.82 Å². The van der Waals surface area contributed by atoms with Crippen molar-refractivity contribution < 1.29 is 14.3 Å². The van der Waals surface area contributed by atoms with Crippen molar-refractivity contribution in [3.63, 3.8) is 0 Å². The molecule has 0 spiro atoms. The Bertz CT molecular complexity index is 350. The number of pyridine rings is 1. The number of hydrogen-bond acceptors (Lipinski definition) is 2. The first-order chi connectivity index (χ1) is 6.43. The maximum atomic E-state index is 13.1. The van der Waals surface area contributed by atoms with Crippen LogP contribution in [0.1, 0.15) is 19.4 Å². The Morgan fingerprint density at radius 1 is 1.64 bits per heavy atom. The van der Waals surface area contributed by atoms with E-state index in [0.717, 1.165) is 6.20 Å². The molecule has 0 fully saturated rings. The highest BCUT2D eigenvalue weighted by atomic mass is 19.1. The van der Waals surface area contributed by atoms with Crippen LogP contribution in [0.15, 0.2) is 18.5 Å². The van der Waals surface area contributed by atoms with Gasteiger partial charge >= 0.3 is 5.97 Å². The average molecular weight is 197 g/mol. The van der Waals surface area contributed by atoms with Crippen molar-refractivity contribution in [3.05, 3.63) is 29.8 Å². The van der Waals surface area contributed by atoms with E-state index in [-0.39, 0.29) is 6.42 Å². The molecule has 0 saturated carbocycles. The molecule has 0 amide bonds. The van der Waals surface area contributed by atoms with Gasteiger partial charge in [0.2, 0.25) is 0 Å². The molecule has 0 aliphatic rings. The number of rotatable bonds is 3. The molecule has 0 aromatic carbocycles. The van der Waals surface area contributed by atoms with Crippen LogP contribution in [0.3, 0.4) is 0 Å². The first kappa shape index (κ1) is 10.6. The van der Waals surface area contributed by atoms with Crippen LogP contribution in [0.5, 0.6) is 0 Å². The molecule has 0 radical (unpaired) electrons. The fourth-order valence-corrected chi connectivity index (χ4v) is 1.10. The van der Waals surface area contributed by atoms with E-state index in [1.165, 1.54) is 12.3 Å². The molecule has 14 heavy (non-hydrogen) atoms. The highest BCUT2D eigenvalue weighted by Gasteiger charge is 2.28. The van der Waals surface area contributed by atoms with Gasteiger partial charge in [-0.3, -0.25) is 9.78 Å². The third kappa shape index (κ3) is 2.28. The normalized spacial score (nSPS) is 11.4. The SMILES string of the molecule is CC(C)(Cc1ccncc1F)C(=O)O. The van der Waals surface area contributed by atoms with Gasteiger partial charge in [0.05, 0.1) is 11.6 Å². The summed E-state index contributed by atoms with van der Waals surface area (Å²) in [5.74, 6) is -1.39. The van der Waals surface area contributed by atoms with E-state index in [4.69, 9.17) is 5.11 Å². The van der Waals surface area contributed by atoms with Crippen molar-refractivity contribution in [3.8, 4) is 0 Å². The molecule has 1 aromatic rings. The second-order valence-corrected chi connectivity index (χ2v) is 3.83. The second kappa shape index (κ2) is 3.74. The van der Waals surface area contributed by atoms with Gasteiger partial charge in [0.25, 0.3) is 0 Å². The van der Waals surface area contributed by atoms with Crippen LogP contribution in [0.25, 0.3) is 0 Å². The van der Waals surface area contributed by atoms with Crippen molar-refractivity contribution >= 4 is 5.97 Å². The Balaban J connectivity index is 2.89. The van der Waals surface area contributed by atoms with Crippen LogP contribution < -0.4 is 0 Å². The van der Waals surface area contributed by atoms with Crippen LogP contribution in [0, 0.1) is 11.2 Å². The van der Waals surface area contributed by atoms with Crippen LogP contribution >= 0.6 is 0 Å². The Morgan fingerprint density at radius 2 is 2.29 bits per heavy atom. The highest BCUT2D eigenvalue weighted by Crippen LogP contribution is 2.22. The Labute approximate surface area is 81.6 Å². The summed E-state index contributed by atoms with van der Waals surface area (Å²) in [5.41, 5.74) is -0.574. The van der Waals surface area contributed by atoms with Crippen molar-refractivity contribution in [2.24, 2.45) is 5.41 Å². The number of carbonyl (C=O) groups is 1. The summed E-state index contributed by atoms with van der Waals surface area (Å²) in [6.07, 6.45) is 2.71. The average Bonchev–Trinajstić information content (AvgIpc) is 2.08. The number of hydrogen-bond donors (Lipinski definition) is 1. The van der Waals surface area contributed by atoms with Crippen molar-refractivity contribution in [1.29, 1.82) is 0 Å². The molecule has 0 aliphatic heterocycles. The first-order valence-corrected chi connectivity index (χ1v) is 4.25. The maximum absolute atomic E-state index is 13.1. The molecule has 0 unspecified atom stereocenters. The first-order valence-electron chi connectivity index (χ1n) is 4.25. The van der Waals surface area contributed by atoms with Gasteiger partial charge < -0.3 is 5.11 Å². The lowest BCUT2D eigenvalue weighted by molar-refractivity contribution is -0.146. The van der Waals surface area contributed by atoms with E-state index in [0.29, 0.717) is 5.56 Å². The van der Waals surface area contributed by atoms with Crippen molar-refractivity contribution in [2.45, 2.75) is 20.3 Å². The van der Waals surface area contributed by atoms with Crippen molar-refractivity contribution in [1.82, 2.24) is 4.98 Å². The van der Waals surface area contributed by atoms with Crippen LogP contribution in [-0.4, -0.2) is 16.1 Å². The summed E-state index contributed by atoms with van der Waals surface area (Å²) in [6.45, 7) is 3.13. The molecule has 0 atom stereocenters. The van der Waals surface area contributed by atoms with E-state index in [2.05, 4.69) is 4.98 Å². The number of aliphatic carboxylic acids is 1. The Hall–Kier alpha value is -1.45. The number of halogens is 1. The molecule has 76 valence electrons. The molecule has 0 bridgehead atoms. The number of nitrogens with zero attached hydrogens (tertiary/aromatic N) is 1. The molecular weight excluding hydrogens is 185 g/mol. The van der Waals surface area contributed by atoms with Crippen LogP contribution in [-0.2, 0) is 11.2 Å². The summed E-state index contributed by atoms with van der Waals surface area (Å²) < 4.78 is 13.1. The maximum Gasteiger partial charge on any atom is 0.309 e. The molecule has 1 aromatic heterocycles. The second-order valence-electron chi connectivity index (χ2n) is 3.83. The molecular formula is C10H12FNO2. The van der Waals surface area contributed by atoms with E-state index < -0.39 is 17.2 Å². The zero-order chi connectivity index (χ0) is 10.8. The van der Waals surface area contributed by atoms with Gasteiger partial charge in [-0.1, -0.05) is 0 Å². The van der Waals surface area contributed by atoms with Crippen LogP contribution in [0.4, 0.5) is 4.39 Å². The number of carboxylic acid groups (broad SMARTS) is 1. The van der Waals surface area contributed by atoms with Gasteiger partial charge in [-0.05, 0) is 31.9 Å². The summed E-state index contributed by atoms with van der Waals surface area (Å²) in [5, 5.41) is 8.86. The summed E-state index contributed by atoms with van der Waals surface area (Å²) >= 11 is 0. The Morgan fingerprint density at radius 3 is 2.79 bits per heavy atom. The van der Waals surface area contributed by atoms with Gasteiger partial charge in [-0.25, -0.2) is 4.39 Å². The minimum absolute atomic E-state index is 0.163. The lowest BCUT2D eigenvalue weighted by Gasteiger charge is -2.18. The fraction of sp³-hybridized carbons (Fsp3) is 0.400. The predicted molar refractivity (Wildman–Crippen MR) is 49.3 cm³/mol. The van der Waals surface area contributed by atoms with E-state index >= 15 is 0 Å². The van der Waals surface area contributed by atoms with Gasteiger partial charge in [0.15, 0.2) is 0 Å². The molecule has 1 rings (SSSR count). The third-order valence-corrected chi connectivity index (χ3v) is 2.07. The molecule has 1 N–H and O–H groups in total. The van der Waals surface area contributed by atoms with E-state index in [1.807, 2.05) is 0 Å².